The van der Waals surface area contributed by atoms with Crippen LogP contribution in [0.4, 0.5) is 4.79 Å². The summed E-state index contributed by atoms with van der Waals surface area (Å²) in [5.41, 5.74) is 3.91. The third kappa shape index (κ3) is 4.02. The highest BCUT2D eigenvalue weighted by molar-refractivity contribution is 5.99. The molecule has 1 amide bonds. The molecular weight excluding hydrogens is 300 g/mol. The van der Waals surface area contributed by atoms with E-state index in [1.807, 2.05) is 37.3 Å². The first-order valence-electron chi connectivity index (χ1n) is 8.40. The number of likely N-dealkylation sites (tertiary alicyclic amines) is 1. The molecule has 2 aromatic rings. The zero-order valence-corrected chi connectivity index (χ0v) is 13.9. The van der Waals surface area contributed by atoms with Gasteiger partial charge in [-0.3, -0.25) is 4.84 Å². The van der Waals surface area contributed by atoms with Crippen LogP contribution in [-0.4, -0.2) is 29.8 Å². The molecule has 0 aliphatic carbocycles. The Morgan fingerprint density at radius 1 is 0.958 bits per heavy atom. The standard InChI is InChI=1S/C20H22N2O2/c1-16(21-24-20(23)22-13-6-3-7-14-22)18-11-8-12-19(15-18)17-9-4-2-5-10-17/h2,4-5,8-12,15H,3,6-7,13-14H2,1H3/b21-16+. The molecular formula is C20H22N2O2. The molecule has 1 saturated heterocycles. The number of nitrogens with zero attached hydrogens (tertiary/aromatic N) is 2. The van der Waals surface area contributed by atoms with Gasteiger partial charge in [0, 0.05) is 13.1 Å². The molecule has 2 aromatic carbocycles. The SMILES string of the molecule is C/C(=N\OC(=O)N1CCCCC1)c1cccc(-c2ccccc2)c1. The lowest BCUT2D eigenvalue weighted by Crippen LogP contribution is -2.35. The summed E-state index contributed by atoms with van der Waals surface area (Å²) in [6.45, 7) is 3.38. The number of rotatable bonds is 3. The number of amides is 1. The van der Waals surface area contributed by atoms with Crippen LogP contribution in [0.25, 0.3) is 11.1 Å². The predicted octanol–water partition coefficient (Wildman–Crippen LogP) is 4.70. The monoisotopic (exact) mass is 322 g/mol. The molecule has 0 saturated carbocycles. The van der Waals surface area contributed by atoms with E-state index in [2.05, 4.69) is 29.4 Å². The highest BCUT2D eigenvalue weighted by Crippen LogP contribution is 2.20. The molecule has 1 heterocycles. The minimum atomic E-state index is -0.353. The number of hydrogen-bond donors (Lipinski definition) is 0. The number of hydrogen-bond acceptors (Lipinski definition) is 3. The predicted molar refractivity (Wildman–Crippen MR) is 96.0 cm³/mol. The molecule has 0 N–H and O–H groups in total. The smallest absolute Gasteiger partial charge is 0.306 e. The quantitative estimate of drug-likeness (QED) is 0.467. The summed E-state index contributed by atoms with van der Waals surface area (Å²) in [5.74, 6) is 0. The van der Waals surface area contributed by atoms with Gasteiger partial charge in [0.05, 0.1) is 5.71 Å². The molecule has 0 atom stereocenters. The maximum Gasteiger partial charge on any atom is 0.435 e. The van der Waals surface area contributed by atoms with Crippen LogP contribution in [0.2, 0.25) is 0 Å². The Morgan fingerprint density at radius 3 is 2.42 bits per heavy atom. The molecule has 4 nitrogen and oxygen atoms in total. The first-order valence-corrected chi connectivity index (χ1v) is 8.40. The molecule has 0 spiro atoms. The van der Waals surface area contributed by atoms with E-state index in [1.54, 1.807) is 4.90 Å². The van der Waals surface area contributed by atoms with Gasteiger partial charge >= 0.3 is 6.09 Å². The van der Waals surface area contributed by atoms with Crippen LogP contribution >= 0.6 is 0 Å². The van der Waals surface area contributed by atoms with E-state index in [0.29, 0.717) is 5.71 Å². The summed E-state index contributed by atoms with van der Waals surface area (Å²) in [6.07, 6.45) is 2.90. The lowest BCUT2D eigenvalue weighted by molar-refractivity contribution is 0.0982. The Morgan fingerprint density at radius 2 is 1.67 bits per heavy atom. The Labute approximate surface area is 142 Å². The van der Waals surface area contributed by atoms with Crippen LogP contribution < -0.4 is 0 Å². The van der Waals surface area contributed by atoms with E-state index in [-0.39, 0.29) is 6.09 Å². The van der Waals surface area contributed by atoms with Crippen LogP contribution in [0.3, 0.4) is 0 Å². The van der Waals surface area contributed by atoms with E-state index in [4.69, 9.17) is 4.84 Å². The normalized spacial score (nSPS) is 15.2. The van der Waals surface area contributed by atoms with Gasteiger partial charge in [0.15, 0.2) is 0 Å². The van der Waals surface area contributed by atoms with E-state index >= 15 is 0 Å². The summed E-state index contributed by atoms with van der Waals surface area (Å²) < 4.78 is 0. The van der Waals surface area contributed by atoms with Gasteiger partial charge in [-0.25, -0.2) is 4.79 Å². The minimum Gasteiger partial charge on any atom is -0.306 e. The summed E-state index contributed by atoms with van der Waals surface area (Å²) in [6, 6.07) is 18.3. The van der Waals surface area contributed by atoms with Crippen LogP contribution in [-0.2, 0) is 4.84 Å². The second-order valence-electron chi connectivity index (χ2n) is 6.03. The summed E-state index contributed by atoms with van der Waals surface area (Å²) in [7, 11) is 0. The molecule has 0 aromatic heterocycles. The zero-order chi connectivity index (χ0) is 16.8. The van der Waals surface area contributed by atoms with Crippen molar-refractivity contribution in [3.63, 3.8) is 0 Å². The average molecular weight is 322 g/mol. The average Bonchev–Trinajstić information content (AvgIpc) is 2.67. The lowest BCUT2D eigenvalue weighted by Gasteiger charge is -2.24. The summed E-state index contributed by atoms with van der Waals surface area (Å²) in [5, 5.41) is 4.03. The van der Waals surface area contributed by atoms with E-state index in [0.717, 1.165) is 42.6 Å². The van der Waals surface area contributed by atoms with Gasteiger partial charge in [-0.05, 0) is 48.9 Å². The van der Waals surface area contributed by atoms with Gasteiger partial charge in [0.25, 0.3) is 0 Å². The van der Waals surface area contributed by atoms with Gasteiger partial charge in [-0.15, -0.1) is 0 Å². The Bertz CT molecular complexity index is 719. The fourth-order valence-corrected chi connectivity index (χ4v) is 2.85. The number of oxime groups is 1. The lowest BCUT2D eigenvalue weighted by atomic mass is 10.0. The van der Waals surface area contributed by atoms with Gasteiger partial charge in [0.2, 0.25) is 0 Å². The molecule has 0 bridgehead atoms. The summed E-state index contributed by atoms with van der Waals surface area (Å²) in [4.78, 5) is 18.9. The van der Waals surface area contributed by atoms with Crippen molar-refractivity contribution in [3.8, 4) is 11.1 Å². The van der Waals surface area contributed by atoms with Crippen LogP contribution in [0, 0.1) is 0 Å². The summed E-state index contributed by atoms with van der Waals surface area (Å²) >= 11 is 0. The fourth-order valence-electron chi connectivity index (χ4n) is 2.85. The van der Waals surface area contributed by atoms with Crippen molar-refractivity contribution in [2.75, 3.05) is 13.1 Å². The second-order valence-corrected chi connectivity index (χ2v) is 6.03. The maximum atomic E-state index is 12.0. The van der Waals surface area contributed by atoms with Gasteiger partial charge in [0.1, 0.15) is 0 Å². The minimum absolute atomic E-state index is 0.353. The van der Waals surface area contributed by atoms with Crippen molar-refractivity contribution in [3.05, 3.63) is 60.2 Å². The molecule has 124 valence electrons. The largest absolute Gasteiger partial charge is 0.435 e. The molecule has 24 heavy (non-hydrogen) atoms. The van der Waals surface area contributed by atoms with Crippen LogP contribution in [0.15, 0.2) is 59.8 Å². The molecule has 1 fully saturated rings. The Balaban J connectivity index is 1.70. The van der Waals surface area contributed by atoms with Gasteiger partial charge in [-0.2, -0.15) is 0 Å². The third-order valence-electron chi connectivity index (χ3n) is 4.26. The van der Waals surface area contributed by atoms with Gasteiger partial charge in [-0.1, -0.05) is 53.7 Å². The first kappa shape index (κ1) is 16.2. The van der Waals surface area contributed by atoms with Crippen molar-refractivity contribution in [1.29, 1.82) is 0 Å². The van der Waals surface area contributed by atoms with E-state index in [1.165, 1.54) is 6.42 Å². The Kier molecular flexibility index (Phi) is 5.26. The number of carbonyl (C=O) groups excluding carboxylic acids is 1. The van der Waals surface area contributed by atoms with Crippen LogP contribution in [0.5, 0.6) is 0 Å². The van der Waals surface area contributed by atoms with E-state index < -0.39 is 0 Å². The maximum absolute atomic E-state index is 12.0. The molecule has 0 radical (unpaired) electrons. The Hall–Kier alpha value is -2.62. The van der Waals surface area contributed by atoms with Crippen molar-refractivity contribution < 1.29 is 9.63 Å². The highest BCUT2D eigenvalue weighted by Gasteiger charge is 2.17. The number of piperidine rings is 1. The molecule has 1 aliphatic rings. The molecule has 0 unspecified atom stereocenters. The van der Waals surface area contributed by atoms with Crippen molar-refractivity contribution in [1.82, 2.24) is 4.90 Å². The van der Waals surface area contributed by atoms with Crippen molar-refractivity contribution >= 4 is 11.8 Å². The molecule has 4 heteroatoms. The second kappa shape index (κ2) is 7.77. The van der Waals surface area contributed by atoms with Crippen molar-refractivity contribution in [2.24, 2.45) is 5.16 Å². The van der Waals surface area contributed by atoms with E-state index in [9.17, 15) is 4.79 Å². The van der Waals surface area contributed by atoms with Crippen LogP contribution in [0.1, 0.15) is 31.7 Å². The highest BCUT2D eigenvalue weighted by atomic mass is 16.7. The van der Waals surface area contributed by atoms with Crippen molar-refractivity contribution in [2.45, 2.75) is 26.2 Å². The third-order valence-corrected chi connectivity index (χ3v) is 4.26. The first-order chi connectivity index (χ1) is 11.7. The number of carbonyl (C=O) groups is 1. The van der Waals surface area contributed by atoms with Gasteiger partial charge < -0.3 is 4.90 Å². The molecule has 3 rings (SSSR count). The number of benzene rings is 2. The zero-order valence-electron chi connectivity index (χ0n) is 13.9. The topological polar surface area (TPSA) is 41.9 Å². The molecule has 1 aliphatic heterocycles. The fraction of sp³-hybridized carbons (Fsp3) is 0.300.